The average Bonchev–Trinajstić information content (AvgIpc) is 2.58. The van der Waals surface area contributed by atoms with Crippen LogP contribution in [0, 0.1) is 0 Å². The van der Waals surface area contributed by atoms with E-state index in [9.17, 15) is 4.79 Å². The molecule has 1 aromatic carbocycles. The predicted molar refractivity (Wildman–Crippen MR) is 87.7 cm³/mol. The number of benzene rings is 1. The van der Waals surface area contributed by atoms with Gasteiger partial charge in [0, 0.05) is 6.54 Å². The van der Waals surface area contributed by atoms with Gasteiger partial charge in [0.25, 0.3) is 0 Å². The van der Waals surface area contributed by atoms with E-state index in [1.807, 2.05) is 0 Å². The lowest BCUT2D eigenvalue weighted by Crippen LogP contribution is -2.07. The van der Waals surface area contributed by atoms with Crippen molar-refractivity contribution in [3.8, 4) is 11.6 Å². The van der Waals surface area contributed by atoms with Gasteiger partial charge in [0.15, 0.2) is 5.82 Å². The molecule has 1 heterocycles. The van der Waals surface area contributed by atoms with Crippen LogP contribution in [0.5, 0.6) is 11.6 Å². The Bertz CT molecular complexity index is 659. The number of hydrogen-bond acceptors (Lipinski definition) is 7. The SMILES string of the molecule is CCCCNc1ncnc(Oc2ccc(C(=O)OC)cc2)c1N. The van der Waals surface area contributed by atoms with Crippen LogP contribution in [0.3, 0.4) is 0 Å². The minimum atomic E-state index is -0.402. The highest BCUT2D eigenvalue weighted by Crippen LogP contribution is 2.29. The Morgan fingerprint density at radius 2 is 2.00 bits per heavy atom. The summed E-state index contributed by atoms with van der Waals surface area (Å²) in [7, 11) is 1.33. The normalized spacial score (nSPS) is 10.2. The zero-order valence-electron chi connectivity index (χ0n) is 13.2. The number of carbonyl (C=O) groups excluding carboxylic acids is 1. The van der Waals surface area contributed by atoms with Gasteiger partial charge < -0.3 is 20.5 Å². The highest BCUT2D eigenvalue weighted by molar-refractivity contribution is 5.89. The second-order valence-corrected chi connectivity index (χ2v) is 4.84. The first kappa shape index (κ1) is 16.5. The lowest BCUT2D eigenvalue weighted by molar-refractivity contribution is 0.0600. The fourth-order valence-electron chi connectivity index (χ4n) is 1.87. The zero-order valence-corrected chi connectivity index (χ0v) is 13.2. The lowest BCUT2D eigenvalue weighted by atomic mass is 10.2. The topological polar surface area (TPSA) is 99.4 Å². The molecule has 7 heteroatoms. The Labute approximate surface area is 134 Å². The molecule has 7 nitrogen and oxygen atoms in total. The number of esters is 1. The molecule has 0 bridgehead atoms. The van der Waals surface area contributed by atoms with Crippen LogP contribution in [-0.4, -0.2) is 29.6 Å². The molecule has 0 unspecified atom stereocenters. The number of anilines is 2. The van der Waals surface area contributed by atoms with Gasteiger partial charge >= 0.3 is 5.97 Å². The first-order valence-corrected chi connectivity index (χ1v) is 7.36. The van der Waals surface area contributed by atoms with E-state index < -0.39 is 5.97 Å². The predicted octanol–water partition coefficient (Wildman–Crippen LogP) is 2.85. The summed E-state index contributed by atoms with van der Waals surface area (Å²) in [5.74, 6) is 0.933. The van der Waals surface area contributed by atoms with E-state index in [1.54, 1.807) is 24.3 Å². The summed E-state index contributed by atoms with van der Waals surface area (Å²) in [6.45, 7) is 2.89. The smallest absolute Gasteiger partial charge is 0.337 e. The fraction of sp³-hybridized carbons (Fsp3) is 0.312. The van der Waals surface area contributed by atoms with Gasteiger partial charge in [-0.2, -0.15) is 4.98 Å². The maximum absolute atomic E-state index is 11.4. The van der Waals surface area contributed by atoms with E-state index in [0.717, 1.165) is 19.4 Å². The quantitative estimate of drug-likeness (QED) is 0.598. The van der Waals surface area contributed by atoms with Crippen LogP contribution in [-0.2, 0) is 4.74 Å². The number of nitrogens with zero attached hydrogens (tertiary/aromatic N) is 2. The zero-order chi connectivity index (χ0) is 16.7. The van der Waals surface area contributed by atoms with Crippen LogP contribution in [0.2, 0.25) is 0 Å². The van der Waals surface area contributed by atoms with Gasteiger partial charge in [-0.15, -0.1) is 0 Å². The number of unbranched alkanes of at least 4 members (excludes halogenated alkanes) is 1. The second kappa shape index (κ2) is 7.98. The molecule has 0 radical (unpaired) electrons. The Morgan fingerprint density at radius 3 is 2.65 bits per heavy atom. The maximum atomic E-state index is 11.4. The molecule has 0 aliphatic rings. The monoisotopic (exact) mass is 316 g/mol. The van der Waals surface area contributed by atoms with Gasteiger partial charge in [0.05, 0.1) is 12.7 Å². The van der Waals surface area contributed by atoms with E-state index in [2.05, 4.69) is 26.9 Å². The lowest BCUT2D eigenvalue weighted by Gasteiger charge is -2.11. The van der Waals surface area contributed by atoms with E-state index in [4.69, 9.17) is 10.5 Å². The molecular weight excluding hydrogens is 296 g/mol. The Hall–Kier alpha value is -2.83. The molecule has 0 amide bonds. The van der Waals surface area contributed by atoms with Gasteiger partial charge in [-0.1, -0.05) is 13.3 Å². The maximum Gasteiger partial charge on any atom is 0.337 e. The van der Waals surface area contributed by atoms with E-state index in [0.29, 0.717) is 22.8 Å². The molecule has 0 fully saturated rings. The highest BCUT2D eigenvalue weighted by atomic mass is 16.5. The van der Waals surface area contributed by atoms with Gasteiger partial charge in [0.1, 0.15) is 17.8 Å². The molecule has 0 saturated carbocycles. The van der Waals surface area contributed by atoms with Gasteiger partial charge in [-0.05, 0) is 30.7 Å². The molecule has 2 rings (SSSR count). The van der Waals surface area contributed by atoms with Crippen LogP contribution >= 0.6 is 0 Å². The van der Waals surface area contributed by atoms with Crippen molar-refractivity contribution in [2.75, 3.05) is 24.7 Å². The van der Waals surface area contributed by atoms with Crippen LogP contribution < -0.4 is 15.8 Å². The van der Waals surface area contributed by atoms with Crippen LogP contribution in [0.4, 0.5) is 11.5 Å². The van der Waals surface area contributed by atoms with Crippen LogP contribution in [0.25, 0.3) is 0 Å². The first-order valence-electron chi connectivity index (χ1n) is 7.36. The summed E-state index contributed by atoms with van der Waals surface area (Å²) in [4.78, 5) is 19.6. The first-order chi connectivity index (χ1) is 11.2. The average molecular weight is 316 g/mol. The number of ether oxygens (including phenoxy) is 2. The van der Waals surface area contributed by atoms with Gasteiger partial charge in [-0.25, -0.2) is 9.78 Å². The molecule has 0 aliphatic carbocycles. The van der Waals surface area contributed by atoms with Crippen molar-refractivity contribution in [2.45, 2.75) is 19.8 Å². The van der Waals surface area contributed by atoms with Crippen molar-refractivity contribution in [3.63, 3.8) is 0 Å². The number of rotatable bonds is 7. The summed E-state index contributed by atoms with van der Waals surface area (Å²) in [6.07, 6.45) is 3.49. The van der Waals surface area contributed by atoms with Gasteiger partial charge in [0.2, 0.25) is 5.88 Å². The van der Waals surface area contributed by atoms with E-state index in [1.165, 1.54) is 13.4 Å². The third-order valence-corrected chi connectivity index (χ3v) is 3.16. The molecule has 0 aliphatic heterocycles. The molecule has 0 saturated heterocycles. The number of methoxy groups -OCH3 is 1. The van der Waals surface area contributed by atoms with Crippen LogP contribution in [0.1, 0.15) is 30.1 Å². The largest absolute Gasteiger partial charge is 0.465 e. The minimum Gasteiger partial charge on any atom is -0.465 e. The summed E-state index contributed by atoms with van der Waals surface area (Å²) >= 11 is 0. The number of carbonyl (C=O) groups is 1. The van der Waals surface area contributed by atoms with Gasteiger partial charge in [-0.3, -0.25) is 0 Å². The van der Waals surface area contributed by atoms with E-state index in [-0.39, 0.29) is 5.88 Å². The number of nitrogens with two attached hydrogens (primary N) is 1. The summed E-state index contributed by atoms with van der Waals surface area (Å²) < 4.78 is 10.3. The third kappa shape index (κ3) is 4.32. The van der Waals surface area contributed by atoms with E-state index >= 15 is 0 Å². The summed E-state index contributed by atoms with van der Waals surface area (Å²) in [5, 5.41) is 3.15. The number of nitrogen functional groups attached to an aromatic ring is 1. The Kier molecular flexibility index (Phi) is 5.74. The van der Waals surface area contributed by atoms with Crippen molar-refractivity contribution in [1.29, 1.82) is 0 Å². The van der Waals surface area contributed by atoms with Crippen molar-refractivity contribution < 1.29 is 14.3 Å². The number of nitrogens with one attached hydrogen (secondary N) is 1. The standard InChI is InChI=1S/C16H20N4O3/c1-3-4-9-18-14-13(17)15(20-10-19-14)23-12-7-5-11(6-8-12)16(21)22-2/h5-8,10H,3-4,9,17H2,1-2H3,(H,18,19,20). The molecule has 0 atom stereocenters. The summed E-state index contributed by atoms with van der Waals surface area (Å²) in [6, 6.07) is 6.52. The van der Waals surface area contributed by atoms with Crippen molar-refractivity contribution in [2.24, 2.45) is 0 Å². The molecule has 0 spiro atoms. The minimum absolute atomic E-state index is 0.268. The second-order valence-electron chi connectivity index (χ2n) is 4.84. The van der Waals surface area contributed by atoms with Crippen molar-refractivity contribution in [1.82, 2.24) is 9.97 Å². The Morgan fingerprint density at radius 1 is 1.26 bits per heavy atom. The number of aromatic nitrogens is 2. The molecule has 23 heavy (non-hydrogen) atoms. The van der Waals surface area contributed by atoms with Crippen LogP contribution in [0.15, 0.2) is 30.6 Å². The molecule has 2 aromatic rings. The summed E-state index contributed by atoms with van der Waals surface area (Å²) in [5.41, 5.74) is 6.82. The molecule has 3 N–H and O–H groups in total. The molecular formula is C16H20N4O3. The molecule has 1 aromatic heterocycles. The van der Waals surface area contributed by atoms with Crippen molar-refractivity contribution in [3.05, 3.63) is 36.2 Å². The number of hydrogen-bond donors (Lipinski definition) is 2. The fourth-order valence-corrected chi connectivity index (χ4v) is 1.87. The highest BCUT2D eigenvalue weighted by Gasteiger charge is 2.11. The Balaban J connectivity index is 2.10. The third-order valence-electron chi connectivity index (χ3n) is 3.16. The molecule has 122 valence electrons. The van der Waals surface area contributed by atoms with Crippen molar-refractivity contribution >= 4 is 17.5 Å².